The maximum Gasteiger partial charge on any atom is 0.122 e. The van der Waals surface area contributed by atoms with Gasteiger partial charge in [0.1, 0.15) is 11.6 Å². The predicted octanol–water partition coefficient (Wildman–Crippen LogP) is -0.0462. The second-order valence-electron chi connectivity index (χ2n) is 4.31. The zero-order valence-electron chi connectivity index (χ0n) is 12.2. The van der Waals surface area contributed by atoms with Crippen LogP contribution >= 0.6 is 12.4 Å². The monoisotopic (exact) mass is 318 g/mol. The summed E-state index contributed by atoms with van der Waals surface area (Å²) in [6.07, 6.45) is 0. The largest absolute Gasteiger partial charge is 0.394 e. The number of halogens is 1. The number of anilines is 2. The third-order valence-corrected chi connectivity index (χ3v) is 2.49. The number of aliphatic hydroxyl groups excluding tert-OH is 2. The Morgan fingerprint density at radius 2 is 1.24 bits per heavy atom. The van der Waals surface area contributed by atoms with Gasteiger partial charge < -0.3 is 21.7 Å². The Morgan fingerprint density at radius 3 is 1.43 bits per heavy atom. The number of nitrogens with zero attached hydrogens (tertiary/aromatic N) is 4. The van der Waals surface area contributed by atoms with Crippen molar-refractivity contribution in [3.63, 3.8) is 0 Å². The number of rotatable bonds is 4. The van der Waals surface area contributed by atoms with Gasteiger partial charge in [-0.3, -0.25) is 0 Å². The standard InChI is InChI=1S/2C6H11N3O.ClH/c2*1-5-4-6(7)9(8-5)2-3-10;/h2*4,10H,2-3,7H2,1H3;1H. The summed E-state index contributed by atoms with van der Waals surface area (Å²) < 4.78 is 3.16. The second kappa shape index (κ2) is 9.22. The van der Waals surface area contributed by atoms with Crippen molar-refractivity contribution in [3.05, 3.63) is 23.5 Å². The highest BCUT2D eigenvalue weighted by molar-refractivity contribution is 5.85. The van der Waals surface area contributed by atoms with E-state index >= 15 is 0 Å². The van der Waals surface area contributed by atoms with Crippen molar-refractivity contribution >= 4 is 24.0 Å². The van der Waals surface area contributed by atoms with Gasteiger partial charge in [0.2, 0.25) is 0 Å². The number of nitrogens with two attached hydrogens (primary N) is 2. The first-order valence-corrected chi connectivity index (χ1v) is 6.29. The van der Waals surface area contributed by atoms with Gasteiger partial charge in [-0.2, -0.15) is 10.2 Å². The molecule has 6 N–H and O–H groups in total. The molecule has 0 aromatic carbocycles. The van der Waals surface area contributed by atoms with E-state index < -0.39 is 0 Å². The van der Waals surface area contributed by atoms with Crippen LogP contribution in [0.25, 0.3) is 0 Å². The third-order valence-electron chi connectivity index (χ3n) is 2.49. The molecular formula is C12H23ClN6O2. The summed E-state index contributed by atoms with van der Waals surface area (Å²) in [5.74, 6) is 1.21. The van der Waals surface area contributed by atoms with E-state index in [0.29, 0.717) is 24.7 Å². The second-order valence-corrected chi connectivity index (χ2v) is 4.31. The topological polar surface area (TPSA) is 128 Å². The van der Waals surface area contributed by atoms with Crippen LogP contribution in [0.15, 0.2) is 12.1 Å². The molecule has 0 radical (unpaired) electrons. The van der Waals surface area contributed by atoms with Crippen molar-refractivity contribution < 1.29 is 10.2 Å². The van der Waals surface area contributed by atoms with E-state index in [4.69, 9.17) is 21.7 Å². The lowest BCUT2D eigenvalue weighted by molar-refractivity contribution is 0.270. The minimum Gasteiger partial charge on any atom is -0.394 e. The molecule has 120 valence electrons. The van der Waals surface area contributed by atoms with Crippen LogP contribution < -0.4 is 11.5 Å². The maximum absolute atomic E-state index is 8.54. The number of aliphatic hydroxyl groups is 2. The molecule has 0 unspecified atom stereocenters. The molecule has 2 aromatic heterocycles. The molecule has 2 aromatic rings. The van der Waals surface area contributed by atoms with Gasteiger partial charge >= 0.3 is 0 Å². The molecule has 0 saturated carbocycles. The fourth-order valence-electron chi connectivity index (χ4n) is 1.68. The summed E-state index contributed by atoms with van der Waals surface area (Å²) in [4.78, 5) is 0. The Hall–Kier alpha value is -1.77. The fourth-order valence-corrected chi connectivity index (χ4v) is 1.68. The van der Waals surface area contributed by atoms with E-state index in [0.717, 1.165) is 11.4 Å². The van der Waals surface area contributed by atoms with Crippen LogP contribution in [0.5, 0.6) is 0 Å². The fraction of sp³-hybridized carbons (Fsp3) is 0.500. The lowest BCUT2D eigenvalue weighted by Gasteiger charge is -1.98. The lowest BCUT2D eigenvalue weighted by atomic mass is 10.5. The first kappa shape index (κ1) is 19.2. The van der Waals surface area contributed by atoms with Crippen molar-refractivity contribution in [1.29, 1.82) is 0 Å². The normalized spacial score (nSPS) is 9.71. The summed E-state index contributed by atoms with van der Waals surface area (Å²) in [5.41, 5.74) is 12.8. The van der Waals surface area contributed by atoms with E-state index in [1.165, 1.54) is 0 Å². The van der Waals surface area contributed by atoms with E-state index in [1.807, 2.05) is 13.8 Å². The Bertz CT molecular complexity index is 492. The number of aryl methyl sites for hydroxylation is 2. The van der Waals surface area contributed by atoms with Gasteiger partial charge in [-0.05, 0) is 13.8 Å². The zero-order chi connectivity index (χ0) is 15.1. The van der Waals surface area contributed by atoms with Crippen LogP contribution in [-0.2, 0) is 13.1 Å². The molecule has 0 saturated heterocycles. The highest BCUT2D eigenvalue weighted by Gasteiger charge is 1.99. The van der Waals surface area contributed by atoms with Crippen LogP contribution in [0.3, 0.4) is 0 Å². The van der Waals surface area contributed by atoms with E-state index in [1.54, 1.807) is 21.5 Å². The molecule has 0 aliphatic carbocycles. The molecular weight excluding hydrogens is 296 g/mol. The van der Waals surface area contributed by atoms with Crippen molar-refractivity contribution in [2.24, 2.45) is 0 Å². The van der Waals surface area contributed by atoms with Crippen molar-refractivity contribution in [1.82, 2.24) is 19.6 Å². The number of aromatic nitrogens is 4. The van der Waals surface area contributed by atoms with Gasteiger partial charge in [-0.25, -0.2) is 9.36 Å². The lowest BCUT2D eigenvalue weighted by Crippen LogP contribution is -2.07. The molecule has 2 rings (SSSR count). The van der Waals surface area contributed by atoms with Crippen molar-refractivity contribution in [3.8, 4) is 0 Å². The van der Waals surface area contributed by atoms with Gasteiger partial charge in [0.15, 0.2) is 0 Å². The Morgan fingerprint density at radius 1 is 0.905 bits per heavy atom. The molecule has 0 spiro atoms. The van der Waals surface area contributed by atoms with E-state index in [9.17, 15) is 0 Å². The molecule has 8 nitrogen and oxygen atoms in total. The highest BCUT2D eigenvalue weighted by Crippen LogP contribution is 2.04. The average Bonchev–Trinajstić information content (AvgIpc) is 2.84. The van der Waals surface area contributed by atoms with Crippen molar-refractivity contribution in [2.45, 2.75) is 26.9 Å². The predicted molar refractivity (Wildman–Crippen MR) is 84.2 cm³/mol. The van der Waals surface area contributed by atoms with Gasteiger partial charge in [0.25, 0.3) is 0 Å². The van der Waals surface area contributed by atoms with Crippen molar-refractivity contribution in [2.75, 3.05) is 24.7 Å². The van der Waals surface area contributed by atoms with E-state index in [2.05, 4.69) is 10.2 Å². The summed E-state index contributed by atoms with van der Waals surface area (Å²) in [6.45, 7) is 4.82. The van der Waals surface area contributed by atoms with Crippen LogP contribution in [0.2, 0.25) is 0 Å². The third kappa shape index (κ3) is 6.03. The summed E-state index contributed by atoms with van der Waals surface area (Å²) in [7, 11) is 0. The smallest absolute Gasteiger partial charge is 0.122 e. The minimum atomic E-state index is 0. The van der Waals surface area contributed by atoms with Gasteiger partial charge in [0, 0.05) is 12.1 Å². The molecule has 0 atom stereocenters. The molecule has 0 bridgehead atoms. The van der Waals surface area contributed by atoms with Gasteiger partial charge in [-0.15, -0.1) is 12.4 Å². The minimum absolute atomic E-state index is 0. The molecule has 0 amide bonds. The van der Waals surface area contributed by atoms with E-state index in [-0.39, 0.29) is 25.6 Å². The Labute approximate surface area is 129 Å². The molecule has 2 heterocycles. The summed E-state index contributed by atoms with van der Waals surface area (Å²) in [6, 6.07) is 3.55. The highest BCUT2D eigenvalue weighted by atomic mass is 35.5. The molecule has 9 heteroatoms. The Kier molecular flexibility index (Phi) is 8.44. The first-order valence-electron chi connectivity index (χ1n) is 6.29. The number of hydrogen-bond acceptors (Lipinski definition) is 6. The molecule has 0 aliphatic rings. The van der Waals surface area contributed by atoms with Crippen LogP contribution in [-0.4, -0.2) is 43.0 Å². The molecule has 21 heavy (non-hydrogen) atoms. The maximum atomic E-state index is 8.54. The Balaban J connectivity index is 0.000000364. The SMILES string of the molecule is Cc1cc(N)n(CCO)n1.Cc1cc(N)n(CCO)n1.Cl. The number of nitrogen functional groups attached to an aromatic ring is 2. The van der Waals surface area contributed by atoms with Gasteiger partial charge in [0.05, 0.1) is 37.7 Å². The summed E-state index contributed by atoms with van der Waals surface area (Å²) in [5, 5.41) is 25.1. The molecule has 0 fully saturated rings. The van der Waals surface area contributed by atoms with Crippen LogP contribution in [0.4, 0.5) is 11.6 Å². The number of hydrogen-bond donors (Lipinski definition) is 4. The molecule has 0 aliphatic heterocycles. The van der Waals surface area contributed by atoms with Gasteiger partial charge in [-0.1, -0.05) is 0 Å². The van der Waals surface area contributed by atoms with Crippen LogP contribution in [0, 0.1) is 13.8 Å². The average molecular weight is 319 g/mol. The quantitative estimate of drug-likeness (QED) is 0.626. The zero-order valence-corrected chi connectivity index (χ0v) is 13.0. The van der Waals surface area contributed by atoms with Crippen LogP contribution in [0.1, 0.15) is 11.4 Å². The first-order chi connectivity index (χ1) is 9.47. The summed E-state index contributed by atoms with van der Waals surface area (Å²) >= 11 is 0.